The fourth-order valence-electron chi connectivity index (χ4n) is 1.97. The molecule has 1 heterocycles. The number of methoxy groups -OCH3 is 1. The van der Waals surface area contributed by atoms with Crippen LogP contribution in [0.5, 0.6) is 5.75 Å². The summed E-state index contributed by atoms with van der Waals surface area (Å²) in [5, 5.41) is 3.22. The summed E-state index contributed by atoms with van der Waals surface area (Å²) in [4.78, 5) is 13.8. The molecular formula is C13H18N2O2S. The third-order valence-electron chi connectivity index (χ3n) is 2.97. The lowest BCUT2D eigenvalue weighted by Crippen LogP contribution is -2.34. The Morgan fingerprint density at radius 1 is 1.44 bits per heavy atom. The first kappa shape index (κ1) is 13.2. The number of carbonyl (C=O) groups excluding carboxylic acids is 1. The third-order valence-corrected chi connectivity index (χ3v) is 4.23. The summed E-state index contributed by atoms with van der Waals surface area (Å²) in [5.74, 6) is 1.63. The Hall–Kier alpha value is -1.20. The number of thioether (sulfide) groups is 1. The fourth-order valence-corrected chi connectivity index (χ4v) is 3.19. The van der Waals surface area contributed by atoms with Crippen LogP contribution in [0.4, 0.5) is 0 Å². The lowest BCUT2D eigenvalue weighted by molar-refractivity contribution is -0.127. The van der Waals surface area contributed by atoms with Gasteiger partial charge in [-0.3, -0.25) is 4.79 Å². The lowest BCUT2D eigenvalue weighted by Gasteiger charge is -2.24. The number of hydrogen-bond acceptors (Lipinski definition) is 4. The highest BCUT2D eigenvalue weighted by molar-refractivity contribution is 8.00. The van der Waals surface area contributed by atoms with E-state index in [2.05, 4.69) is 5.32 Å². The zero-order chi connectivity index (χ0) is 13.0. The van der Waals surface area contributed by atoms with Crippen LogP contribution in [0, 0.1) is 0 Å². The number of nitrogens with one attached hydrogen (secondary N) is 1. The van der Waals surface area contributed by atoms with Gasteiger partial charge < -0.3 is 15.0 Å². The minimum Gasteiger partial charge on any atom is -0.497 e. The van der Waals surface area contributed by atoms with Crippen molar-refractivity contribution >= 4 is 17.7 Å². The first-order valence-corrected chi connectivity index (χ1v) is 7.00. The average Bonchev–Trinajstić information content (AvgIpc) is 2.78. The third kappa shape index (κ3) is 2.79. The van der Waals surface area contributed by atoms with E-state index in [1.807, 2.05) is 36.2 Å². The van der Waals surface area contributed by atoms with Crippen LogP contribution in [0.3, 0.4) is 0 Å². The molecule has 0 saturated carbocycles. The van der Waals surface area contributed by atoms with Crippen molar-refractivity contribution < 1.29 is 9.53 Å². The molecule has 1 saturated heterocycles. The number of rotatable bonds is 5. The standard InChI is InChI=1S/C13H18N2O2S/c1-14-7-8-15-12(16)9-18-13(15)10-3-5-11(17-2)6-4-10/h3-6,13-14H,7-9H2,1-2H3. The largest absolute Gasteiger partial charge is 0.497 e. The maximum Gasteiger partial charge on any atom is 0.233 e. The molecule has 1 N–H and O–H groups in total. The van der Waals surface area contributed by atoms with Gasteiger partial charge in [-0.1, -0.05) is 12.1 Å². The van der Waals surface area contributed by atoms with E-state index >= 15 is 0 Å². The minimum atomic E-state index is 0.136. The molecule has 4 nitrogen and oxygen atoms in total. The van der Waals surface area contributed by atoms with Gasteiger partial charge in [-0.15, -0.1) is 11.8 Å². The Balaban J connectivity index is 2.12. The quantitative estimate of drug-likeness (QED) is 0.876. The van der Waals surface area contributed by atoms with Gasteiger partial charge in [-0.25, -0.2) is 0 Å². The van der Waals surface area contributed by atoms with Gasteiger partial charge in [0.1, 0.15) is 11.1 Å². The molecule has 5 heteroatoms. The molecule has 1 aromatic rings. The predicted molar refractivity (Wildman–Crippen MR) is 73.8 cm³/mol. The van der Waals surface area contributed by atoms with Crippen LogP contribution in [0.2, 0.25) is 0 Å². The van der Waals surface area contributed by atoms with E-state index in [1.54, 1.807) is 18.9 Å². The zero-order valence-corrected chi connectivity index (χ0v) is 11.5. The molecule has 18 heavy (non-hydrogen) atoms. The van der Waals surface area contributed by atoms with Crippen LogP contribution in [0.1, 0.15) is 10.9 Å². The van der Waals surface area contributed by atoms with Crippen LogP contribution in [-0.4, -0.2) is 43.8 Å². The van der Waals surface area contributed by atoms with Gasteiger partial charge in [0.2, 0.25) is 5.91 Å². The van der Waals surface area contributed by atoms with Crippen LogP contribution in [0.15, 0.2) is 24.3 Å². The molecule has 0 aliphatic carbocycles. The van der Waals surface area contributed by atoms with Crippen molar-refractivity contribution in [3.05, 3.63) is 29.8 Å². The van der Waals surface area contributed by atoms with Gasteiger partial charge in [0.05, 0.1) is 12.9 Å². The Kier molecular flexibility index (Phi) is 4.49. The van der Waals surface area contributed by atoms with Crippen molar-refractivity contribution in [1.82, 2.24) is 10.2 Å². The predicted octanol–water partition coefficient (Wildman–Crippen LogP) is 1.49. The van der Waals surface area contributed by atoms with Crippen LogP contribution in [-0.2, 0) is 4.79 Å². The summed E-state index contributed by atoms with van der Waals surface area (Å²) in [5.41, 5.74) is 1.16. The van der Waals surface area contributed by atoms with Crippen LogP contribution >= 0.6 is 11.8 Å². The van der Waals surface area contributed by atoms with E-state index in [9.17, 15) is 4.79 Å². The highest BCUT2D eigenvalue weighted by atomic mass is 32.2. The van der Waals surface area contributed by atoms with E-state index in [1.165, 1.54) is 0 Å². The van der Waals surface area contributed by atoms with Gasteiger partial charge in [-0.05, 0) is 24.7 Å². The molecule has 0 aromatic heterocycles. The van der Waals surface area contributed by atoms with Crippen LogP contribution in [0.25, 0.3) is 0 Å². The molecule has 0 spiro atoms. The monoisotopic (exact) mass is 266 g/mol. The molecule has 1 fully saturated rings. The summed E-state index contributed by atoms with van der Waals surface area (Å²) in [6, 6.07) is 7.94. The fraction of sp³-hybridized carbons (Fsp3) is 0.462. The Bertz CT molecular complexity index is 408. The molecule has 1 atom stereocenters. The lowest BCUT2D eigenvalue weighted by atomic mass is 10.2. The van der Waals surface area contributed by atoms with Gasteiger partial charge in [0.15, 0.2) is 0 Å². The summed E-state index contributed by atoms with van der Waals surface area (Å²) >= 11 is 1.68. The normalized spacial score (nSPS) is 19.3. The first-order chi connectivity index (χ1) is 8.76. The van der Waals surface area contributed by atoms with Gasteiger partial charge in [-0.2, -0.15) is 0 Å². The molecule has 1 aliphatic rings. The second kappa shape index (κ2) is 6.11. The second-order valence-electron chi connectivity index (χ2n) is 4.13. The van der Waals surface area contributed by atoms with E-state index in [-0.39, 0.29) is 11.3 Å². The molecule has 1 aliphatic heterocycles. The SMILES string of the molecule is CNCCN1C(=O)CSC1c1ccc(OC)cc1. The number of ether oxygens (including phenoxy) is 1. The number of hydrogen-bond donors (Lipinski definition) is 1. The number of nitrogens with zero attached hydrogens (tertiary/aromatic N) is 1. The molecule has 0 bridgehead atoms. The minimum absolute atomic E-state index is 0.136. The molecule has 1 amide bonds. The molecule has 2 rings (SSSR count). The van der Waals surface area contributed by atoms with Gasteiger partial charge in [0.25, 0.3) is 0 Å². The topological polar surface area (TPSA) is 41.6 Å². The van der Waals surface area contributed by atoms with E-state index in [0.29, 0.717) is 5.75 Å². The van der Waals surface area contributed by atoms with Gasteiger partial charge in [0, 0.05) is 13.1 Å². The van der Waals surface area contributed by atoms with Crippen molar-refractivity contribution in [3.8, 4) is 5.75 Å². The van der Waals surface area contributed by atoms with E-state index in [4.69, 9.17) is 4.74 Å². The van der Waals surface area contributed by atoms with E-state index < -0.39 is 0 Å². The molecule has 1 unspecified atom stereocenters. The van der Waals surface area contributed by atoms with Crippen molar-refractivity contribution in [2.45, 2.75) is 5.37 Å². The van der Waals surface area contributed by atoms with Crippen molar-refractivity contribution in [3.63, 3.8) is 0 Å². The smallest absolute Gasteiger partial charge is 0.233 e. The zero-order valence-electron chi connectivity index (χ0n) is 10.7. The Morgan fingerprint density at radius 2 is 2.17 bits per heavy atom. The highest BCUT2D eigenvalue weighted by Crippen LogP contribution is 2.38. The maximum atomic E-state index is 11.8. The van der Waals surface area contributed by atoms with Gasteiger partial charge >= 0.3 is 0 Å². The summed E-state index contributed by atoms with van der Waals surface area (Å²) in [6.45, 7) is 1.57. The van der Waals surface area contributed by atoms with Crippen molar-refractivity contribution in [1.29, 1.82) is 0 Å². The maximum absolute atomic E-state index is 11.8. The van der Waals surface area contributed by atoms with Crippen LogP contribution < -0.4 is 10.1 Å². The van der Waals surface area contributed by atoms with Crippen molar-refractivity contribution in [2.24, 2.45) is 0 Å². The van der Waals surface area contributed by atoms with Crippen molar-refractivity contribution in [2.75, 3.05) is 33.0 Å². The average molecular weight is 266 g/mol. The number of carbonyl (C=O) groups is 1. The second-order valence-corrected chi connectivity index (χ2v) is 5.20. The molecule has 1 aromatic carbocycles. The molecule has 0 radical (unpaired) electrons. The number of amides is 1. The Labute approximate surface area is 112 Å². The summed E-state index contributed by atoms with van der Waals surface area (Å²) < 4.78 is 5.15. The first-order valence-electron chi connectivity index (χ1n) is 5.96. The van der Waals surface area contributed by atoms with E-state index in [0.717, 1.165) is 24.4 Å². The number of benzene rings is 1. The molecule has 98 valence electrons. The number of likely N-dealkylation sites (N-methyl/N-ethyl adjacent to an activating group) is 1. The highest BCUT2D eigenvalue weighted by Gasteiger charge is 2.32. The summed E-state index contributed by atoms with van der Waals surface area (Å²) in [6.07, 6.45) is 0. The molecular weight excluding hydrogens is 248 g/mol. The Morgan fingerprint density at radius 3 is 2.78 bits per heavy atom. The summed E-state index contributed by atoms with van der Waals surface area (Å²) in [7, 11) is 3.55.